The van der Waals surface area contributed by atoms with Crippen molar-refractivity contribution in [2.24, 2.45) is 11.8 Å². The number of rotatable bonds is 1. The van der Waals surface area contributed by atoms with Gasteiger partial charge in [-0.15, -0.1) is 0 Å². The van der Waals surface area contributed by atoms with E-state index in [1.807, 2.05) is 24.3 Å². The summed E-state index contributed by atoms with van der Waals surface area (Å²) in [4.78, 5) is 22.6. The molecule has 1 aromatic rings. The number of ether oxygens (including phenoxy) is 2. The molecule has 88 valence electrons. The van der Waals surface area contributed by atoms with Crippen LogP contribution in [0.2, 0.25) is 0 Å². The van der Waals surface area contributed by atoms with E-state index in [1.54, 1.807) is 0 Å². The predicted octanol–water partition coefficient (Wildman–Crippen LogP) is 1.33. The fourth-order valence-corrected chi connectivity index (χ4v) is 2.46. The van der Waals surface area contributed by atoms with Crippen LogP contribution in [-0.4, -0.2) is 18.5 Å². The van der Waals surface area contributed by atoms with Crippen LogP contribution in [0, 0.1) is 11.8 Å². The SMILES string of the molecule is O=C1CC(C2COc3ccccc3C2)C(=O)O1. The minimum Gasteiger partial charge on any atom is -0.493 e. The van der Waals surface area contributed by atoms with E-state index in [4.69, 9.17) is 4.74 Å². The lowest BCUT2D eigenvalue weighted by Crippen LogP contribution is -2.30. The summed E-state index contributed by atoms with van der Waals surface area (Å²) in [6, 6.07) is 7.78. The number of esters is 2. The number of hydrogen-bond donors (Lipinski definition) is 0. The quantitative estimate of drug-likeness (QED) is 0.541. The van der Waals surface area contributed by atoms with Gasteiger partial charge in [-0.25, -0.2) is 0 Å². The molecule has 0 aliphatic carbocycles. The normalized spacial score (nSPS) is 27.3. The lowest BCUT2D eigenvalue weighted by Gasteiger charge is -2.27. The van der Waals surface area contributed by atoms with Crippen LogP contribution < -0.4 is 4.74 Å². The number of cyclic esters (lactones) is 2. The van der Waals surface area contributed by atoms with Gasteiger partial charge in [0.25, 0.3) is 0 Å². The zero-order valence-electron chi connectivity index (χ0n) is 9.22. The van der Waals surface area contributed by atoms with Gasteiger partial charge < -0.3 is 9.47 Å². The molecule has 4 nitrogen and oxygen atoms in total. The van der Waals surface area contributed by atoms with Gasteiger partial charge in [-0.1, -0.05) is 18.2 Å². The van der Waals surface area contributed by atoms with Crippen molar-refractivity contribution in [3.05, 3.63) is 29.8 Å². The molecular formula is C13H12O4. The Kier molecular flexibility index (Phi) is 2.35. The summed E-state index contributed by atoms with van der Waals surface area (Å²) >= 11 is 0. The highest BCUT2D eigenvalue weighted by atomic mass is 16.6. The molecular weight excluding hydrogens is 220 g/mol. The van der Waals surface area contributed by atoms with Crippen molar-refractivity contribution in [1.82, 2.24) is 0 Å². The van der Waals surface area contributed by atoms with Crippen LogP contribution in [0.1, 0.15) is 12.0 Å². The Balaban J connectivity index is 1.80. The van der Waals surface area contributed by atoms with Crippen LogP contribution in [0.5, 0.6) is 5.75 Å². The molecule has 17 heavy (non-hydrogen) atoms. The molecule has 0 N–H and O–H groups in total. The fourth-order valence-electron chi connectivity index (χ4n) is 2.46. The van der Waals surface area contributed by atoms with Gasteiger partial charge in [0.15, 0.2) is 0 Å². The summed E-state index contributed by atoms with van der Waals surface area (Å²) in [6.45, 7) is 0.476. The molecule has 0 aromatic heterocycles. The average Bonchev–Trinajstić information content (AvgIpc) is 2.68. The van der Waals surface area contributed by atoms with Crippen molar-refractivity contribution in [2.45, 2.75) is 12.8 Å². The second kappa shape index (κ2) is 3.87. The fraction of sp³-hybridized carbons (Fsp3) is 0.385. The van der Waals surface area contributed by atoms with Gasteiger partial charge >= 0.3 is 11.9 Å². The third kappa shape index (κ3) is 1.79. The first-order chi connectivity index (χ1) is 8.24. The van der Waals surface area contributed by atoms with Gasteiger partial charge in [0.2, 0.25) is 0 Å². The van der Waals surface area contributed by atoms with Crippen molar-refractivity contribution in [3.63, 3.8) is 0 Å². The Hall–Kier alpha value is -1.84. The molecule has 2 atom stereocenters. The summed E-state index contributed by atoms with van der Waals surface area (Å²) in [5.74, 6) is -0.233. The van der Waals surface area contributed by atoms with Crippen molar-refractivity contribution in [1.29, 1.82) is 0 Å². The largest absolute Gasteiger partial charge is 0.493 e. The highest BCUT2D eigenvalue weighted by Gasteiger charge is 2.40. The van der Waals surface area contributed by atoms with Gasteiger partial charge in [-0.3, -0.25) is 9.59 Å². The van der Waals surface area contributed by atoms with E-state index in [0.29, 0.717) is 6.61 Å². The van der Waals surface area contributed by atoms with Crippen molar-refractivity contribution >= 4 is 11.9 Å². The molecule has 1 saturated heterocycles. The molecule has 0 spiro atoms. The molecule has 2 aliphatic rings. The highest BCUT2D eigenvalue weighted by Crippen LogP contribution is 2.34. The highest BCUT2D eigenvalue weighted by molar-refractivity contribution is 5.94. The topological polar surface area (TPSA) is 52.6 Å². The Bertz CT molecular complexity index is 480. The lowest BCUT2D eigenvalue weighted by molar-refractivity contribution is -0.153. The van der Waals surface area contributed by atoms with Gasteiger partial charge in [-0.05, 0) is 18.1 Å². The van der Waals surface area contributed by atoms with Crippen molar-refractivity contribution < 1.29 is 19.1 Å². The van der Waals surface area contributed by atoms with Crippen LogP contribution in [0.3, 0.4) is 0 Å². The number of carbonyl (C=O) groups excluding carboxylic acids is 2. The Morgan fingerprint density at radius 2 is 1.94 bits per heavy atom. The van der Waals surface area contributed by atoms with Crippen molar-refractivity contribution in [3.8, 4) is 5.75 Å². The zero-order chi connectivity index (χ0) is 11.8. The summed E-state index contributed by atoms with van der Waals surface area (Å²) in [6.07, 6.45) is 0.957. The summed E-state index contributed by atoms with van der Waals surface area (Å²) in [7, 11) is 0. The number of benzene rings is 1. The molecule has 2 unspecified atom stereocenters. The van der Waals surface area contributed by atoms with Gasteiger partial charge in [0, 0.05) is 5.92 Å². The average molecular weight is 232 g/mol. The molecule has 0 amide bonds. The molecule has 0 radical (unpaired) electrons. The van der Waals surface area contributed by atoms with Gasteiger partial charge in [0.05, 0.1) is 18.9 Å². The first-order valence-corrected chi connectivity index (χ1v) is 5.69. The number of fused-ring (bicyclic) bond motifs is 1. The monoisotopic (exact) mass is 232 g/mol. The van der Waals surface area contributed by atoms with Crippen LogP contribution in [0.15, 0.2) is 24.3 Å². The Labute approximate surface area is 98.5 Å². The number of carbonyl (C=O) groups is 2. The van der Waals surface area contributed by atoms with Crippen LogP contribution in [-0.2, 0) is 20.7 Å². The summed E-state index contributed by atoms with van der Waals surface area (Å²) in [5.41, 5.74) is 1.09. The molecule has 2 aliphatic heterocycles. The van der Waals surface area contributed by atoms with E-state index in [-0.39, 0.29) is 18.3 Å². The molecule has 0 saturated carbocycles. The van der Waals surface area contributed by atoms with E-state index in [0.717, 1.165) is 17.7 Å². The van der Waals surface area contributed by atoms with Gasteiger partial charge in [-0.2, -0.15) is 0 Å². The van der Waals surface area contributed by atoms with Crippen LogP contribution in [0.4, 0.5) is 0 Å². The Morgan fingerprint density at radius 1 is 1.12 bits per heavy atom. The molecule has 0 bridgehead atoms. The maximum Gasteiger partial charge on any atom is 0.317 e. The minimum absolute atomic E-state index is 0.0452. The maximum absolute atomic E-state index is 11.5. The molecule has 4 heteroatoms. The lowest BCUT2D eigenvalue weighted by atomic mass is 9.85. The molecule has 2 heterocycles. The second-order valence-corrected chi connectivity index (χ2v) is 4.49. The maximum atomic E-state index is 11.5. The number of para-hydroxylation sites is 1. The molecule has 1 aromatic carbocycles. The summed E-state index contributed by atoms with van der Waals surface area (Å²) < 4.78 is 10.2. The van der Waals surface area contributed by atoms with E-state index in [9.17, 15) is 9.59 Å². The van der Waals surface area contributed by atoms with E-state index in [2.05, 4.69) is 4.74 Å². The van der Waals surface area contributed by atoms with E-state index in [1.165, 1.54) is 0 Å². The first kappa shape index (κ1) is 10.3. The van der Waals surface area contributed by atoms with Crippen LogP contribution in [0.25, 0.3) is 0 Å². The summed E-state index contributed by atoms with van der Waals surface area (Å²) in [5, 5.41) is 0. The zero-order valence-corrected chi connectivity index (χ0v) is 9.22. The first-order valence-electron chi connectivity index (χ1n) is 5.69. The van der Waals surface area contributed by atoms with E-state index >= 15 is 0 Å². The third-order valence-electron chi connectivity index (χ3n) is 3.38. The smallest absolute Gasteiger partial charge is 0.317 e. The standard InChI is InChI=1S/C13H12O4/c14-12-6-10(13(15)17-12)9-5-8-3-1-2-4-11(8)16-7-9/h1-4,9-10H,5-7H2. The van der Waals surface area contributed by atoms with E-state index < -0.39 is 11.9 Å². The minimum atomic E-state index is -0.418. The Morgan fingerprint density at radius 3 is 2.71 bits per heavy atom. The van der Waals surface area contributed by atoms with Crippen LogP contribution >= 0.6 is 0 Å². The second-order valence-electron chi connectivity index (χ2n) is 4.49. The number of hydrogen-bond acceptors (Lipinski definition) is 4. The molecule has 1 fully saturated rings. The van der Waals surface area contributed by atoms with Crippen molar-refractivity contribution in [2.75, 3.05) is 6.61 Å². The predicted molar refractivity (Wildman–Crippen MR) is 58.3 cm³/mol. The molecule has 3 rings (SSSR count). The third-order valence-corrected chi connectivity index (χ3v) is 3.38. The van der Waals surface area contributed by atoms with Gasteiger partial charge in [0.1, 0.15) is 5.75 Å².